The van der Waals surface area contributed by atoms with Crippen molar-refractivity contribution < 1.29 is 23.9 Å². The standard InChI is InChI=1S/C27H17Cl2NO5/c1-13-6-9-16(29)12-19(13)30-25(33)20-21(26(30)34)27(35-22(20)14-7-10-15(28)11-8-14)23(31)17-4-2-3-5-18(17)24(27)32/h2-12,20-22H,1H3/t20-,21-,22+/m0/s1. The van der Waals surface area contributed by atoms with Crippen LogP contribution in [0.15, 0.2) is 66.7 Å². The number of ether oxygens (including phenoxy) is 1. The Morgan fingerprint density at radius 1 is 0.800 bits per heavy atom. The van der Waals surface area contributed by atoms with E-state index in [-0.39, 0.29) is 11.1 Å². The van der Waals surface area contributed by atoms with Gasteiger partial charge in [0.05, 0.1) is 23.6 Å². The molecule has 2 fully saturated rings. The molecule has 0 radical (unpaired) electrons. The highest BCUT2D eigenvalue weighted by molar-refractivity contribution is 6.37. The molecule has 3 aromatic carbocycles. The number of rotatable bonds is 2. The second kappa shape index (κ2) is 7.59. The van der Waals surface area contributed by atoms with Gasteiger partial charge >= 0.3 is 0 Å². The Bertz CT molecular complexity index is 1430. The number of amides is 2. The Morgan fingerprint density at radius 2 is 1.40 bits per heavy atom. The van der Waals surface area contributed by atoms with Crippen molar-refractivity contribution in [2.75, 3.05) is 4.90 Å². The Kier molecular flexibility index (Phi) is 4.81. The maximum absolute atomic E-state index is 14.0. The van der Waals surface area contributed by atoms with Crippen molar-refractivity contribution in [3.63, 3.8) is 0 Å². The first-order valence-electron chi connectivity index (χ1n) is 11.0. The summed E-state index contributed by atoms with van der Waals surface area (Å²) in [5.41, 5.74) is -0.226. The van der Waals surface area contributed by atoms with E-state index < -0.39 is 46.9 Å². The van der Waals surface area contributed by atoms with E-state index in [0.717, 1.165) is 4.90 Å². The van der Waals surface area contributed by atoms with E-state index in [9.17, 15) is 19.2 Å². The van der Waals surface area contributed by atoms with Crippen LogP contribution in [0.25, 0.3) is 0 Å². The molecule has 3 atom stereocenters. The van der Waals surface area contributed by atoms with Gasteiger partial charge in [0.1, 0.15) is 0 Å². The first kappa shape index (κ1) is 22.2. The molecule has 0 bridgehead atoms. The number of fused-ring (bicyclic) bond motifs is 3. The van der Waals surface area contributed by atoms with E-state index in [1.165, 1.54) is 6.07 Å². The van der Waals surface area contributed by atoms with Gasteiger partial charge in [-0.25, -0.2) is 4.90 Å². The second-order valence-electron chi connectivity index (χ2n) is 8.98. The maximum atomic E-state index is 14.0. The molecule has 2 amide bonds. The van der Waals surface area contributed by atoms with Crippen LogP contribution in [0.4, 0.5) is 5.69 Å². The summed E-state index contributed by atoms with van der Waals surface area (Å²) >= 11 is 12.2. The predicted octanol–water partition coefficient (Wildman–Crippen LogP) is 5.00. The summed E-state index contributed by atoms with van der Waals surface area (Å²) in [5, 5.41) is 0.826. The Balaban J connectivity index is 1.56. The van der Waals surface area contributed by atoms with Crippen molar-refractivity contribution in [1.29, 1.82) is 0 Å². The molecule has 3 aromatic rings. The lowest BCUT2D eigenvalue weighted by Crippen LogP contribution is -2.51. The fourth-order valence-electron chi connectivity index (χ4n) is 5.53. The van der Waals surface area contributed by atoms with Gasteiger partial charge in [0.25, 0.3) is 0 Å². The molecule has 0 aromatic heterocycles. The van der Waals surface area contributed by atoms with E-state index in [1.807, 2.05) is 0 Å². The predicted molar refractivity (Wildman–Crippen MR) is 129 cm³/mol. The molecule has 0 saturated carbocycles. The van der Waals surface area contributed by atoms with Gasteiger partial charge in [0.2, 0.25) is 29.0 Å². The molecule has 174 valence electrons. The van der Waals surface area contributed by atoms with Crippen molar-refractivity contribution in [3.05, 3.63) is 99.0 Å². The van der Waals surface area contributed by atoms with Crippen LogP contribution in [0.1, 0.15) is 37.9 Å². The average Bonchev–Trinajstić information content (AvgIpc) is 3.41. The molecular weight excluding hydrogens is 489 g/mol. The number of nitrogens with zero attached hydrogens (tertiary/aromatic N) is 1. The monoisotopic (exact) mass is 505 g/mol. The molecule has 1 spiro atoms. The third-order valence-corrected chi connectivity index (χ3v) is 7.62. The van der Waals surface area contributed by atoms with Crippen molar-refractivity contribution in [2.24, 2.45) is 11.8 Å². The van der Waals surface area contributed by atoms with Crippen LogP contribution in [0.2, 0.25) is 10.0 Å². The van der Waals surface area contributed by atoms with Gasteiger partial charge in [-0.15, -0.1) is 0 Å². The van der Waals surface area contributed by atoms with Crippen LogP contribution < -0.4 is 4.90 Å². The lowest BCUT2D eigenvalue weighted by molar-refractivity contribution is -0.127. The van der Waals surface area contributed by atoms with Gasteiger partial charge in [-0.05, 0) is 42.3 Å². The van der Waals surface area contributed by atoms with E-state index >= 15 is 0 Å². The Hall–Kier alpha value is -3.32. The lowest BCUT2D eigenvalue weighted by Gasteiger charge is -2.27. The van der Waals surface area contributed by atoms with Gasteiger partial charge in [-0.3, -0.25) is 19.2 Å². The summed E-state index contributed by atoms with van der Waals surface area (Å²) in [4.78, 5) is 56.4. The number of anilines is 1. The molecule has 0 unspecified atom stereocenters. The molecular formula is C27H17Cl2NO5. The third-order valence-electron chi connectivity index (χ3n) is 7.13. The highest BCUT2D eigenvalue weighted by atomic mass is 35.5. The summed E-state index contributed by atoms with van der Waals surface area (Å²) in [7, 11) is 0. The molecule has 3 aliphatic rings. The molecule has 6 rings (SSSR count). The SMILES string of the molecule is Cc1ccc(Cl)cc1N1C(=O)[C@@H]2[C@@H](c3ccc(Cl)cc3)OC3(C(=O)c4ccccc4C3=O)[C@@H]2C1=O. The van der Waals surface area contributed by atoms with Gasteiger partial charge in [-0.2, -0.15) is 0 Å². The van der Waals surface area contributed by atoms with Crippen LogP contribution >= 0.6 is 23.2 Å². The zero-order valence-corrected chi connectivity index (χ0v) is 19.8. The van der Waals surface area contributed by atoms with E-state index in [4.69, 9.17) is 27.9 Å². The Morgan fingerprint density at radius 3 is 2.03 bits per heavy atom. The minimum Gasteiger partial charge on any atom is -0.349 e. The van der Waals surface area contributed by atoms with Crippen molar-refractivity contribution in [3.8, 4) is 0 Å². The molecule has 2 saturated heterocycles. The summed E-state index contributed by atoms with van der Waals surface area (Å²) in [6.45, 7) is 1.75. The number of halogens is 2. The minimum absolute atomic E-state index is 0.186. The number of aryl methyl sites for hydroxylation is 1. The topological polar surface area (TPSA) is 80.8 Å². The average molecular weight is 506 g/mol. The number of benzene rings is 3. The van der Waals surface area contributed by atoms with Gasteiger partial charge < -0.3 is 4.74 Å². The van der Waals surface area contributed by atoms with E-state index in [0.29, 0.717) is 26.9 Å². The van der Waals surface area contributed by atoms with Crippen LogP contribution in [0.3, 0.4) is 0 Å². The quantitative estimate of drug-likeness (QED) is 0.361. The molecule has 2 heterocycles. The highest BCUT2D eigenvalue weighted by Crippen LogP contribution is 2.58. The van der Waals surface area contributed by atoms with Gasteiger partial charge in [0, 0.05) is 21.2 Å². The van der Waals surface area contributed by atoms with Crippen molar-refractivity contribution in [1.82, 2.24) is 0 Å². The molecule has 0 N–H and O–H groups in total. The van der Waals surface area contributed by atoms with E-state index in [1.54, 1.807) is 67.6 Å². The lowest BCUT2D eigenvalue weighted by atomic mass is 9.77. The number of ketones is 2. The number of carbonyl (C=O) groups excluding carboxylic acids is 4. The zero-order valence-electron chi connectivity index (χ0n) is 18.3. The number of hydrogen-bond acceptors (Lipinski definition) is 5. The number of hydrogen-bond donors (Lipinski definition) is 0. The number of imide groups is 1. The molecule has 6 nitrogen and oxygen atoms in total. The number of carbonyl (C=O) groups is 4. The summed E-state index contributed by atoms with van der Waals surface area (Å²) in [6.07, 6.45) is -1.000. The van der Waals surface area contributed by atoms with Gasteiger partial charge in [-0.1, -0.05) is 65.7 Å². The van der Waals surface area contributed by atoms with E-state index in [2.05, 4.69) is 0 Å². The first-order chi connectivity index (χ1) is 16.8. The maximum Gasteiger partial charge on any atom is 0.241 e. The largest absolute Gasteiger partial charge is 0.349 e. The third kappa shape index (κ3) is 2.88. The smallest absolute Gasteiger partial charge is 0.241 e. The summed E-state index contributed by atoms with van der Waals surface area (Å²) in [5.74, 6) is -4.80. The summed E-state index contributed by atoms with van der Waals surface area (Å²) < 4.78 is 6.25. The Labute approximate surface area is 210 Å². The normalized spacial score (nSPS) is 24.4. The summed E-state index contributed by atoms with van der Waals surface area (Å²) in [6, 6.07) is 17.9. The van der Waals surface area contributed by atoms with Crippen LogP contribution in [-0.4, -0.2) is 29.0 Å². The molecule has 2 aliphatic heterocycles. The van der Waals surface area contributed by atoms with Crippen molar-refractivity contribution >= 4 is 52.3 Å². The zero-order chi connectivity index (χ0) is 24.6. The van der Waals surface area contributed by atoms with Crippen LogP contribution in [0, 0.1) is 18.8 Å². The van der Waals surface area contributed by atoms with Gasteiger partial charge in [0.15, 0.2) is 0 Å². The second-order valence-corrected chi connectivity index (χ2v) is 9.85. The molecule has 1 aliphatic carbocycles. The van der Waals surface area contributed by atoms with Crippen LogP contribution in [-0.2, 0) is 14.3 Å². The van der Waals surface area contributed by atoms with Crippen molar-refractivity contribution in [2.45, 2.75) is 18.6 Å². The first-order valence-corrected chi connectivity index (χ1v) is 11.8. The number of Topliss-reactive ketones (excluding diaryl/α,β-unsaturated/α-hetero) is 2. The fourth-order valence-corrected chi connectivity index (χ4v) is 5.82. The molecule has 35 heavy (non-hydrogen) atoms. The minimum atomic E-state index is -2.12. The fraction of sp³-hybridized carbons (Fsp3) is 0.185. The molecule has 8 heteroatoms. The van der Waals surface area contributed by atoms with Crippen LogP contribution in [0.5, 0.6) is 0 Å². The highest BCUT2D eigenvalue weighted by Gasteiger charge is 2.74.